The number of pyridine rings is 1. The fourth-order valence-corrected chi connectivity index (χ4v) is 5.88. The van der Waals surface area contributed by atoms with Crippen molar-refractivity contribution in [2.45, 2.75) is 60.1 Å². The van der Waals surface area contributed by atoms with Crippen molar-refractivity contribution in [2.24, 2.45) is 0 Å². The van der Waals surface area contributed by atoms with Gasteiger partial charge in [0.1, 0.15) is 5.54 Å². The second-order valence-electron chi connectivity index (χ2n) is 8.39. The molecule has 12 heteroatoms. The first-order chi connectivity index (χ1) is 16.4. The normalized spacial score (nSPS) is 20.8. The number of aromatic nitrogens is 1. The van der Waals surface area contributed by atoms with Crippen molar-refractivity contribution in [1.82, 2.24) is 10.3 Å². The molecule has 35 heavy (non-hydrogen) atoms. The Kier molecular flexibility index (Phi) is 7.71. The van der Waals surface area contributed by atoms with Crippen LogP contribution in [-0.2, 0) is 20.8 Å². The lowest BCUT2D eigenvalue weighted by atomic mass is 10.1. The van der Waals surface area contributed by atoms with Gasteiger partial charge in [-0.25, -0.2) is 13.2 Å². The molecule has 0 bridgehead atoms. The lowest BCUT2D eigenvalue weighted by Gasteiger charge is -2.18. The third kappa shape index (κ3) is 6.29. The smallest absolute Gasteiger partial charge is 0.417 e. The molecule has 0 aliphatic heterocycles. The van der Waals surface area contributed by atoms with Gasteiger partial charge in [-0.3, -0.25) is 4.98 Å². The Labute approximate surface area is 200 Å². The van der Waals surface area contributed by atoms with E-state index in [0.717, 1.165) is 12.1 Å². The van der Waals surface area contributed by atoms with Crippen molar-refractivity contribution < 1.29 is 36.2 Å². The Bertz CT molecular complexity index is 1210. The SMILES string of the molecule is CO[C@H]1CC[C@H](S(=O)(=O)c2ccc(-c3ccccn3)cc2C(F)(F)F)C1.N#CC1(NC(=O)O)CC1. The van der Waals surface area contributed by atoms with Crippen LogP contribution in [0.1, 0.15) is 37.7 Å². The predicted octanol–water partition coefficient (Wildman–Crippen LogP) is 4.42. The summed E-state index contributed by atoms with van der Waals surface area (Å²) in [5, 5.41) is 17.8. The Hall–Kier alpha value is -3.17. The zero-order valence-electron chi connectivity index (χ0n) is 18.7. The van der Waals surface area contributed by atoms with Crippen molar-refractivity contribution in [3.8, 4) is 17.3 Å². The van der Waals surface area contributed by atoms with E-state index < -0.39 is 43.4 Å². The van der Waals surface area contributed by atoms with Gasteiger partial charge in [0.05, 0.1) is 33.6 Å². The summed E-state index contributed by atoms with van der Waals surface area (Å²) in [5.41, 5.74) is -1.31. The molecule has 2 aliphatic carbocycles. The molecule has 2 aliphatic rings. The van der Waals surface area contributed by atoms with Crippen LogP contribution >= 0.6 is 0 Å². The van der Waals surface area contributed by atoms with Crippen LogP contribution in [0.4, 0.5) is 18.0 Å². The second kappa shape index (κ2) is 10.2. The molecule has 1 heterocycles. The van der Waals surface area contributed by atoms with E-state index in [1.807, 2.05) is 6.07 Å². The van der Waals surface area contributed by atoms with Crippen molar-refractivity contribution in [1.29, 1.82) is 5.26 Å². The number of carbonyl (C=O) groups is 1. The van der Waals surface area contributed by atoms with Crippen LogP contribution in [0.25, 0.3) is 11.3 Å². The van der Waals surface area contributed by atoms with Crippen LogP contribution in [0.2, 0.25) is 0 Å². The van der Waals surface area contributed by atoms with Crippen LogP contribution in [0.3, 0.4) is 0 Å². The molecule has 2 fully saturated rings. The van der Waals surface area contributed by atoms with E-state index >= 15 is 0 Å². The first kappa shape index (κ1) is 26.4. The maximum Gasteiger partial charge on any atom is 0.417 e. The van der Waals surface area contributed by atoms with E-state index in [1.54, 1.807) is 18.2 Å². The quantitative estimate of drug-likeness (QED) is 0.608. The highest BCUT2D eigenvalue weighted by Gasteiger charge is 2.45. The standard InChI is InChI=1S/C18H18F3NO3S.C5H6N2O2/c1-25-13-6-7-14(11-13)26(23,24)17-8-5-12(10-15(17)18(19,20)21)16-4-2-3-9-22-16;6-3-5(1-2-5)7-4(8)9/h2-5,8-10,13-14H,6-7,11H2,1H3;7H,1-2H2,(H,8,9)/t13-,14-;/m0./s1. The molecule has 0 radical (unpaired) electrons. The van der Waals surface area contributed by atoms with Gasteiger partial charge in [-0.05, 0) is 56.4 Å². The molecule has 1 amide bonds. The lowest BCUT2D eigenvalue weighted by Crippen LogP contribution is -2.33. The van der Waals surface area contributed by atoms with E-state index in [2.05, 4.69) is 10.3 Å². The van der Waals surface area contributed by atoms with Crippen molar-refractivity contribution in [2.75, 3.05) is 7.11 Å². The van der Waals surface area contributed by atoms with Crippen molar-refractivity contribution in [3.05, 3.63) is 48.2 Å². The third-order valence-corrected chi connectivity index (χ3v) is 8.25. The van der Waals surface area contributed by atoms with Crippen molar-refractivity contribution in [3.63, 3.8) is 0 Å². The first-order valence-corrected chi connectivity index (χ1v) is 12.3. The molecule has 2 atom stereocenters. The highest BCUT2D eigenvalue weighted by atomic mass is 32.2. The molecule has 188 valence electrons. The van der Waals surface area contributed by atoms with Crippen LogP contribution in [-0.4, -0.2) is 48.6 Å². The number of hydrogen-bond donors (Lipinski definition) is 2. The average Bonchev–Trinajstić information content (AvgIpc) is 3.40. The molecule has 0 spiro atoms. The number of methoxy groups -OCH3 is 1. The van der Waals surface area contributed by atoms with Gasteiger partial charge in [0.25, 0.3) is 0 Å². The molecule has 2 saturated carbocycles. The monoisotopic (exact) mass is 511 g/mol. The van der Waals surface area contributed by atoms with Gasteiger partial charge in [-0.15, -0.1) is 0 Å². The number of benzene rings is 1. The number of carboxylic acid groups (broad SMARTS) is 1. The minimum atomic E-state index is -4.79. The van der Waals surface area contributed by atoms with Gasteiger partial charge in [-0.1, -0.05) is 12.1 Å². The van der Waals surface area contributed by atoms with Crippen LogP contribution in [0.15, 0.2) is 47.5 Å². The summed E-state index contributed by atoms with van der Waals surface area (Å²) < 4.78 is 71.6. The Morgan fingerprint density at radius 3 is 2.43 bits per heavy atom. The third-order valence-electron chi connectivity index (χ3n) is 5.97. The highest BCUT2D eigenvalue weighted by Crippen LogP contribution is 2.40. The first-order valence-electron chi connectivity index (χ1n) is 10.7. The van der Waals surface area contributed by atoms with E-state index in [0.29, 0.717) is 31.4 Å². The van der Waals surface area contributed by atoms with E-state index in [1.165, 1.54) is 19.4 Å². The van der Waals surface area contributed by atoms with E-state index in [4.69, 9.17) is 15.1 Å². The lowest BCUT2D eigenvalue weighted by molar-refractivity contribution is -0.139. The molecular formula is C23H24F3N3O5S. The zero-order valence-corrected chi connectivity index (χ0v) is 19.6. The summed E-state index contributed by atoms with van der Waals surface area (Å²) in [5.74, 6) is 0. The molecule has 8 nitrogen and oxygen atoms in total. The number of alkyl halides is 3. The number of ether oxygens (including phenoxy) is 1. The topological polar surface area (TPSA) is 129 Å². The number of amides is 1. The number of nitriles is 1. The van der Waals surface area contributed by atoms with E-state index in [-0.39, 0.29) is 18.1 Å². The summed E-state index contributed by atoms with van der Waals surface area (Å²) in [6, 6.07) is 10.0. The molecule has 1 aromatic heterocycles. The van der Waals surface area contributed by atoms with E-state index in [9.17, 15) is 26.4 Å². The molecule has 4 rings (SSSR count). The second-order valence-corrected chi connectivity index (χ2v) is 10.6. The zero-order chi connectivity index (χ0) is 25.9. The summed E-state index contributed by atoms with van der Waals surface area (Å²) in [7, 11) is -2.64. The van der Waals surface area contributed by atoms with Gasteiger partial charge in [0.2, 0.25) is 0 Å². The predicted molar refractivity (Wildman–Crippen MR) is 119 cm³/mol. The summed E-state index contributed by atoms with van der Waals surface area (Å²) >= 11 is 0. The Balaban J connectivity index is 0.000000320. The van der Waals surface area contributed by atoms with Gasteiger partial charge in [0.15, 0.2) is 9.84 Å². The molecule has 0 unspecified atom stereocenters. The summed E-state index contributed by atoms with van der Waals surface area (Å²) in [4.78, 5) is 13.3. The minimum absolute atomic E-state index is 0.206. The van der Waals surface area contributed by atoms with Gasteiger partial charge in [0, 0.05) is 18.9 Å². The fourth-order valence-electron chi connectivity index (χ4n) is 3.86. The van der Waals surface area contributed by atoms with Crippen molar-refractivity contribution >= 4 is 15.9 Å². The highest BCUT2D eigenvalue weighted by molar-refractivity contribution is 7.92. The maximum atomic E-state index is 13.6. The molecule has 1 aromatic carbocycles. The minimum Gasteiger partial charge on any atom is -0.465 e. The molecule has 0 saturated heterocycles. The largest absolute Gasteiger partial charge is 0.465 e. The van der Waals surface area contributed by atoms with Gasteiger partial charge in [-0.2, -0.15) is 18.4 Å². The Morgan fingerprint density at radius 2 is 1.97 bits per heavy atom. The Morgan fingerprint density at radius 1 is 1.26 bits per heavy atom. The van der Waals surface area contributed by atoms with Gasteiger partial charge < -0.3 is 15.2 Å². The fraction of sp³-hybridized carbons (Fsp3) is 0.435. The molecular weight excluding hydrogens is 487 g/mol. The average molecular weight is 512 g/mol. The number of sulfone groups is 1. The number of halogens is 3. The number of nitrogens with one attached hydrogen (secondary N) is 1. The van der Waals surface area contributed by atoms with Crippen LogP contribution in [0.5, 0.6) is 0 Å². The van der Waals surface area contributed by atoms with Crippen LogP contribution < -0.4 is 5.32 Å². The van der Waals surface area contributed by atoms with Gasteiger partial charge >= 0.3 is 12.3 Å². The maximum absolute atomic E-state index is 13.6. The van der Waals surface area contributed by atoms with Crippen LogP contribution in [0, 0.1) is 11.3 Å². The summed E-state index contributed by atoms with van der Waals surface area (Å²) in [6.45, 7) is 0. The number of rotatable bonds is 5. The molecule has 2 aromatic rings. The molecule has 2 N–H and O–H groups in total. The summed E-state index contributed by atoms with van der Waals surface area (Å²) in [6.07, 6.45) is -2.35. The number of hydrogen-bond acceptors (Lipinski definition) is 6. The number of nitrogens with zero attached hydrogens (tertiary/aromatic N) is 2.